The molecule has 2 rings (SSSR count). The normalized spacial score (nSPS) is 34.8. The molecule has 0 spiro atoms. The van der Waals surface area contributed by atoms with E-state index in [4.69, 9.17) is 4.74 Å². The van der Waals surface area contributed by atoms with Gasteiger partial charge < -0.3 is 15.0 Å². The average Bonchev–Trinajstić information content (AvgIpc) is 2.97. The van der Waals surface area contributed by atoms with E-state index in [0.29, 0.717) is 11.5 Å². The number of nitrogens with zero attached hydrogens (tertiary/aromatic N) is 1. The molecule has 1 atom stereocenters. The maximum Gasteiger partial charge on any atom is 0.0622 e. The average molecular weight is 282 g/mol. The lowest BCUT2D eigenvalue weighted by Crippen LogP contribution is -2.48. The van der Waals surface area contributed by atoms with Crippen LogP contribution in [0, 0.1) is 11.3 Å². The lowest BCUT2D eigenvalue weighted by Gasteiger charge is -2.43. The van der Waals surface area contributed by atoms with Crippen LogP contribution in [0.3, 0.4) is 0 Å². The lowest BCUT2D eigenvalue weighted by molar-refractivity contribution is 0.0725. The molecule has 1 N–H and O–H groups in total. The third-order valence-electron chi connectivity index (χ3n) is 5.38. The summed E-state index contributed by atoms with van der Waals surface area (Å²) < 4.78 is 5.56. The fourth-order valence-corrected chi connectivity index (χ4v) is 3.82. The number of hydrogen-bond acceptors (Lipinski definition) is 3. The fourth-order valence-electron chi connectivity index (χ4n) is 3.82. The highest BCUT2D eigenvalue weighted by atomic mass is 16.5. The first-order valence-electron chi connectivity index (χ1n) is 8.64. The summed E-state index contributed by atoms with van der Waals surface area (Å²) in [6.07, 6.45) is 8.04. The van der Waals surface area contributed by atoms with E-state index in [9.17, 15) is 0 Å². The zero-order valence-electron chi connectivity index (χ0n) is 13.8. The second-order valence-electron chi connectivity index (χ2n) is 7.29. The van der Waals surface area contributed by atoms with Gasteiger partial charge in [0.15, 0.2) is 0 Å². The molecule has 0 bridgehead atoms. The number of likely N-dealkylation sites (N-methyl/N-ethyl adjacent to an activating group) is 1. The largest absolute Gasteiger partial charge is 0.380 e. The van der Waals surface area contributed by atoms with Crippen molar-refractivity contribution in [2.75, 3.05) is 39.9 Å². The maximum absolute atomic E-state index is 5.56. The van der Waals surface area contributed by atoms with Crippen molar-refractivity contribution in [1.82, 2.24) is 10.2 Å². The zero-order chi connectivity index (χ0) is 14.4. The summed E-state index contributed by atoms with van der Waals surface area (Å²) in [5.41, 5.74) is 0.499. The molecule has 1 aliphatic carbocycles. The molecule has 0 amide bonds. The van der Waals surface area contributed by atoms with E-state index in [-0.39, 0.29) is 0 Å². The van der Waals surface area contributed by atoms with Crippen LogP contribution < -0.4 is 5.32 Å². The Bertz CT molecular complexity index is 268. The summed E-state index contributed by atoms with van der Waals surface area (Å²) in [7, 11) is 2.30. The van der Waals surface area contributed by atoms with Crippen molar-refractivity contribution >= 4 is 0 Å². The van der Waals surface area contributed by atoms with E-state index >= 15 is 0 Å². The van der Waals surface area contributed by atoms with E-state index in [1.807, 2.05) is 0 Å². The van der Waals surface area contributed by atoms with Crippen molar-refractivity contribution < 1.29 is 4.74 Å². The van der Waals surface area contributed by atoms with Gasteiger partial charge in [0.05, 0.1) is 6.61 Å². The SMILES string of the molecule is CCCNCC1(CN(C)C2CCOC2)CCC(C)CC1. The molecule has 3 heteroatoms. The predicted octanol–water partition coefficient (Wildman–Crippen LogP) is 2.90. The molecular formula is C17H34N2O. The minimum Gasteiger partial charge on any atom is -0.380 e. The molecule has 1 unspecified atom stereocenters. The molecule has 0 aromatic rings. The van der Waals surface area contributed by atoms with Gasteiger partial charge in [-0.15, -0.1) is 0 Å². The molecule has 0 aromatic carbocycles. The highest BCUT2D eigenvalue weighted by Gasteiger charge is 2.36. The predicted molar refractivity (Wildman–Crippen MR) is 85.1 cm³/mol. The standard InChI is InChI=1S/C17H34N2O/c1-4-10-18-13-17(8-5-15(2)6-9-17)14-19(3)16-7-11-20-12-16/h15-16,18H,4-14H2,1-3H3. The molecule has 2 aliphatic rings. The third kappa shape index (κ3) is 4.44. The summed E-state index contributed by atoms with van der Waals surface area (Å²) in [6.45, 7) is 10.2. The van der Waals surface area contributed by atoms with E-state index in [0.717, 1.165) is 25.7 Å². The minimum absolute atomic E-state index is 0.499. The van der Waals surface area contributed by atoms with Crippen LogP contribution in [0.15, 0.2) is 0 Å². The molecule has 1 heterocycles. The molecule has 118 valence electrons. The van der Waals surface area contributed by atoms with Gasteiger partial charge in [0.2, 0.25) is 0 Å². The van der Waals surface area contributed by atoms with Gasteiger partial charge in [-0.05, 0) is 50.6 Å². The third-order valence-corrected chi connectivity index (χ3v) is 5.38. The van der Waals surface area contributed by atoms with Gasteiger partial charge in [-0.25, -0.2) is 0 Å². The Balaban J connectivity index is 1.90. The van der Waals surface area contributed by atoms with E-state index in [1.165, 1.54) is 51.6 Å². The second kappa shape index (κ2) is 7.77. The maximum atomic E-state index is 5.56. The van der Waals surface area contributed by atoms with Crippen molar-refractivity contribution in [3.05, 3.63) is 0 Å². The summed E-state index contributed by atoms with van der Waals surface area (Å²) >= 11 is 0. The Hall–Kier alpha value is -0.120. The van der Waals surface area contributed by atoms with E-state index < -0.39 is 0 Å². The number of ether oxygens (including phenoxy) is 1. The smallest absolute Gasteiger partial charge is 0.0622 e. The van der Waals surface area contributed by atoms with Gasteiger partial charge in [-0.2, -0.15) is 0 Å². The first kappa shape index (κ1) is 16.3. The fraction of sp³-hybridized carbons (Fsp3) is 1.00. The van der Waals surface area contributed by atoms with Crippen LogP contribution in [0.4, 0.5) is 0 Å². The molecule has 1 saturated carbocycles. The van der Waals surface area contributed by atoms with Crippen LogP contribution in [-0.4, -0.2) is 50.8 Å². The Labute approximate surface area is 125 Å². The van der Waals surface area contributed by atoms with Crippen molar-refractivity contribution in [2.45, 2.75) is 58.4 Å². The topological polar surface area (TPSA) is 24.5 Å². The van der Waals surface area contributed by atoms with Gasteiger partial charge in [0.25, 0.3) is 0 Å². The van der Waals surface area contributed by atoms with Crippen LogP contribution in [0.25, 0.3) is 0 Å². The number of rotatable bonds is 7. The van der Waals surface area contributed by atoms with Crippen molar-refractivity contribution in [3.63, 3.8) is 0 Å². The Morgan fingerprint density at radius 1 is 1.25 bits per heavy atom. The van der Waals surface area contributed by atoms with Crippen molar-refractivity contribution in [3.8, 4) is 0 Å². The van der Waals surface area contributed by atoms with Crippen LogP contribution in [-0.2, 0) is 4.74 Å². The molecular weight excluding hydrogens is 248 g/mol. The van der Waals surface area contributed by atoms with Gasteiger partial charge in [0, 0.05) is 25.7 Å². The summed E-state index contributed by atoms with van der Waals surface area (Å²) in [6, 6.07) is 0.650. The first-order valence-corrected chi connectivity index (χ1v) is 8.64. The van der Waals surface area contributed by atoms with Crippen LogP contribution in [0.1, 0.15) is 52.4 Å². The zero-order valence-corrected chi connectivity index (χ0v) is 13.8. The highest BCUT2D eigenvalue weighted by molar-refractivity contribution is 4.90. The highest BCUT2D eigenvalue weighted by Crippen LogP contribution is 2.39. The van der Waals surface area contributed by atoms with Gasteiger partial charge in [-0.3, -0.25) is 0 Å². The quantitative estimate of drug-likeness (QED) is 0.727. The molecule has 2 fully saturated rings. The molecule has 0 radical (unpaired) electrons. The minimum atomic E-state index is 0.499. The van der Waals surface area contributed by atoms with Gasteiger partial charge >= 0.3 is 0 Å². The number of nitrogens with one attached hydrogen (secondary N) is 1. The monoisotopic (exact) mass is 282 g/mol. The Morgan fingerprint density at radius 3 is 2.60 bits per heavy atom. The van der Waals surface area contributed by atoms with E-state index in [2.05, 4.69) is 31.1 Å². The molecule has 0 aromatic heterocycles. The summed E-state index contributed by atoms with van der Waals surface area (Å²) in [5.74, 6) is 0.925. The Kier molecular flexibility index (Phi) is 6.31. The molecule has 1 saturated heterocycles. The van der Waals surface area contributed by atoms with Crippen LogP contribution >= 0.6 is 0 Å². The Morgan fingerprint density at radius 2 is 2.00 bits per heavy atom. The van der Waals surface area contributed by atoms with Crippen molar-refractivity contribution in [1.29, 1.82) is 0 Å². The molecule has 1 aliphatic heterocycles. The van der Waals surface area contributed by atoms with Gasteiger partial charge in [-0.1, -0.05) is 26.7 Å². The summed E-state index contributed by atoms with van der Waals surface area (Å²) in [5, 5.41) is 3.70. The van der Waals surface area contributed by atoms with Crippen LogP contribution in [0.5, 0.6) is 0 Å². The first-order chi connectivity index (χ1) is 9.65. The lowest BCUT2D eigenvalue weighted by atomic mass is 9.70. The second-order valence-corrected chi connectivity index (χ2v) is 7.29. The molecule has 20 heavy (non-hydrogen) atoms. The molecule has 3 nitrogen and oxygen atoms in total. The van der Waals surface area contributed by atoms with Gasteiger partial charge in [0.1, 0.15) is 0 Å². The summed E-state index contributed by atoms with van der Waals surface area (Å²) in [4.78, 5) is 2.58. The number of hydrogen-bond donors (Lipinski definition) is 1. The van der Waals surface area contributed by atoms with Crippen molar-refractivity contribution in [2.24, 2.45) is 11.3 Å². The van der Waals surface area contributed by atoms with Crippen LogP contribution in [0.2, 0.25) is 0 Å². The van der Waals surface area contributed by atoms with E-state index in [1.54, 1.807) is 0 Å².